The molecule has 22 nitrogen and oxygen atoms in total. The SMILES string of the molecule is NC(=O)c1ccc[n+](-c2nc(Cl)nc(Nc3ccc(SOO[O-])c(N=Nc4c(N)c(N=Nc5ccccc5S(=O)(=O)[O-])cc(S(=O)(=O)[O-])c4N)c3)n2)c1.[Na+].[Na+].[Na+]. The number of rotatable bonds is 13. The molecule has 0 bridgehead atoms. The number of nitrogen functional groups attached to an aromatic ring is 2. The number of aromatic nitrogens is 4. The van der Waals surface area contributed by atoms with E-state index in [0.29, 0.717) is 18.1 Å². The first kappa shape index (κ1) is 49.4. The van der Waals surface area contributed by atoms with E-state index in [1.54, 1.807) is 0 Å². The minimum absolute atomic E-state index is 0. The number of amides is 1. The van der Waals surface area contributed by atoms with E-state index in [-0.39, 0.29) is 128 Å². The second-order valence-electron chi connectivity index (χ2n) is 9.96. The fourth-order valence-electron chi connectivity index (χ4n) is 4.20. The maximum atomic E-state index is 12.1. The van der Waals surface area contributed by atoms with E-state index in [1.807, 2.05) is 0 Å². The van der Waals surface area contributed by atoms with E-state index >= 15 is 0 Å². The molecule has 0 saturated carbocycles. The van der Waals surface area contributed by atoms with Gasteiger partial charge in [0.15, 0.2) is 0 Å². The monoisotopic (exact) mass is 871 g/mol. The summed E-state index contributed by atoms with van der Waals surface area (Å²) in [6.07, 6.45) is 2.89. The zero-order valence-corrected chi connectivity index (χ0v) is 38.1. The smallest absolute Gasteiger partial charge is 0.744 e. The van der Waals surface area contributed by atoms with Crippen molar-refractivity contribution in [3.05, 3.63) is 83.9 Å². The van der Waals surface area contributed by atoms with Crippen molar-refractivity contribution in [1.29, 1.82) is 0 Å². The number of anilines is 4. The summed E-state index contributed by atoms with van der Waals surface area (Å²) in [5.41, 5.74) is 15.0. The Bertz CT molecular complexity index is 2540. The van der Waals surface area contributed by atoms with Crippen molar-refractivity contribution in [2.45, 2.75) is 14.7 Å². The number of nitrogens with zero attached hydrogens (tertiary/aromatic N) is 8. The standard InChI is InChI=1S/C27H21ClN12O10S3.3Na/c28-25-33-26(35-27(34-25)40-9-3-4-13(12-40)24(31)41)32-14-7-8-18(51-50-49-42)16(10-14)37-39-23-21(29)17(11-20(22(23)30)53(46,47)48)38-36-15-5-1-2-6-19(15)52(43,44)45;;;/h1-12H,(H9-,29,30,31,32,33,34,35,36,37,41,42,43,44,45,46,47,48);;;/q;3*+1/p-2. The summed E-state index contributed by atoms with van der Waals surface area (Å²) < 4.78 is 77.1. The maximum absolute atomic E-state index is 12.1. The van der Waals surface area contributed by atoms with Crippen molar-refractivity contribution >= 4 is 95.5 Å². The fraction of sp³-hybridized carbons (Fsp3) is 0. The van der Waals surface area contributed by atoms with Crippen LogP contribution in [0.1, 0.15) is 10.4 Å². The van der Waals surface area contributed by atoms with Gasteiger partial charge in [-0.05, 0) is 70.1 Å². The van der Waals surface area contributed by atoms with Crippen LogP contribution in [0.15, 0.2) is 108 Å². The van der Waals surface area contributed by atoms with Gasteiger partial charge in [-0.2, -0.15) is 9.32 Å². The number of hydrogen-bond donors (Lipinski definition) is 4. The van der Waals surface area contributed by atoms with Crippen LogP contribution in [0, 0.1) is 0 Å². The number of carbonyl (C=O) groups excluding carboxylic acids is 1. The average molecular weight is 872 g/mol. The summed E-state index contributed by atoms with van der Waals surface area (Å²) in [4.78, 5) is 22.3. The Balaban J connectivity index is 0.00000361. The Morgan fingerprint density at radius 3 is 2.14 bits per heavy atom. The molecule has 5 aromatic rings. The number of primary amides is 1. The zero-order chi connectivity index (χ0) is 38.5. The number of halogens is 1. The van der Waals surface area contributed by atoms with Crippen LogP contribution in [0.4, 0.5) is 45.8 Å². The molecule has 29 heteroatoms. The Morgan fingerprint density at radius 2 is 1.48 bits per heavy atom. The van der Waals surface area contributed by atoms with Crippen LogP contribution in [0.5, 0.6) is 0 Å². The van der Waals surface area contributed by atoms with Crippen LogP contribution >= 0.6 is 23.6 Å². The predicted molar refractivity (Wildman–Crippen MR) is 179 cm³/mol. The molecular formula is C27H19ClN12Na3O10S3+. The molecule has 2 aromatic heterocycles. The summed E-state index contributed by atoms with van der Waals surface area (Å²) in [5.74, 6) is -0.801. The molecule has 0 radical (unpaired) electrons. The van der Waals surface area contributed by atoms with Gasteiger partial charge in [0.05, 0.1) is 56.1 Å². The number of nitrogens with one attached hydrogen (secondary N) is 1. The fourth-order valence-corrected chi connectivity index (χ4v) is 6.00. The third-order valence-corrected chi connectivity index (χ3v) is 9.10. The number of pyridine rings is 1. The first-order chi connectivity index (χ1) is 25.0. The van der Waals surface area contributed by atoms with E-state index in [0.717, 1.165) is 12.1 Å². The molecule has 7 N–H and O–H groups in total. The predicted octanol–water partition coefficient (Wildman–Crippen LogP) is -6.31. The Hall–Kier alpha value is -2.77. The van der Waals surface area contributed by atoms with E-state index in [2.05, 4.69) is 50.1 Å². The molecule has 274 valence electrons. The molecule has 0 aliphatic rings. The third-order valence-electron chi connectivity index (χ3n) is 6.53. The summed E-state index contributed by atoms with van der Waals surface area (Å²) in [6.45, 7) is 0. The van der Waals surface area contributed by atoms with Gasteiger partial charge in [-0.3, -0.25) is 9.83 Å². The molecule has 0 fully saturated rings. The molecule has 0 aliphatic carbocycles. The van der Waals surface area contributed by atoms with Crippen molar-refractivity contribution in [2.75, 3.05) is 16.8 Å². The van der Waals surface area contributed by atoms with E-state index in [4.69, 9.17) is 28.8 Å². The molecule has 0 atom stereocenters. The largest absolute Gasteiger partial charge is 1.00 e. The third kappa shape index (κ3) is 12.6. The summed E-state index contributed by atoms with van der Waals surface area (Å²) in [5, 5.41) is 32.0. The minimum Gasteiger partial charge on any atom is -0.744 e. The van der Waals surface area contributed by atoms with E-state index in [1.165, 1.54) is 59.4 Å². The quantitative estimate of drug-likeness (QED) is 0.0125. The number of nitrogens with two attached hydrogens (primary N) is 3. The number of hydrogen-bond acceptors (Lipinski definition) is 21. The van der Waals surface area contributed by atoms with Crippen LogP contribution in [0.2, 0.25) is 5.28 Å². The normalized spacial score (nSPS) is 11.4. The van der Waals surface area contributed by atoms with Gasteiger partial charge in [0, 0.05) is 5.69 Å². The van der Waals surface area contributed by atoms with Crippen LogP contribution in [-0.2, 0) is 29.6 Å². The average Bonchev–Trinajstić information content (AvgIpc) is 3.10. The van der Waals surface area contributed by atoms with Gasteiger partial charge in [-0.15, -0.1) is 20.5 Å². The van der Waals surface area contributed by atoms with Crippen molar-refractivity contribution in [1.82, 2.24) is 15.0 Å². The zero-order valence-electron chi connectivity index (χ0n) is 28.9. The molecule has 0 saturated heterocycles. The number of azo groups is 2. The van der Waals surface area contributed by atoms with Crippen LogP contribution in [0.25, 0.3) is 5.95 Å². The Kier molecular flexibility index (Phi) is 18.8. The molecule has 56 heavy (non-hydrogen) atoms. The molecule has 5 rings (SSSR count). The van der Waals surface area contributed by atoms with Crippen molar-refractivity contribution in [3.63, 3.8) is 0 Å². The molecule has 0 unspecified atom stereocenters. The maximum Gasteiger partial charge on any atom is 1.00 e. The van der Waals surface area contributed by atoms with E-state index in [9.17, 15) is 36.0 Å². The molecule has 3 aromatic carbocycles. The van der Waals surface area contributed by atoms with Gasteiger partial charge in [-0.25, -0.2) is 21.4 Å². The van der Waals surface area contributed by atoms with Crippen LogP contribution in [-0.4, -0.2) is 46.8 Å². The van der Waals surface area contributed by atoms with Crippen LogP contribution in [0.3, 0.4) is 0 Å². The topological polar surface area (TPSA) is 355 Å². The Labute approximate surface area is 392 Å². The minimum atomic E-state index is -5.31. The molecule has 0 spiro atoms. The van der Waals surface area contributed by atoms with Gasteiger partial charge in [0.2, 0.25) is 0 Å². The molecule has 2 heterocycles. The summed E-state index contributed by atoms with van der Waals surface area (Å²) >= 11 is 6.52. The van der Waals surface area contributed by atoms with Crippen molar-refractivity contribution < 1.29 is 139 Å². The first-order valence-electron chi connectivity index (χ1n) is 13.9. The van der Waals surface area contributed by atoms with Gasteiger partial charge < -0.3 is 36.9 Å². The Morgan fingerprint density at radius 1 is 0.821 bits per heavy atom. The van der Waals surface area contributed by atoms with E-state index < -0.39 is 64.4 Å². The molecular weight excluding hydrogens is 853 g/mol. The second kappa shape index (κ2) is 21.3. The number of carbonyl (C=O) groups is 1. The van der Waals surface area contributed by atoms with Gasteiger partial charge in [0.1, 0.15) is 43.0 Å². The van der Waals surface area contributed by atoms with Gasteiger partial charge >= 0.3 is 106 Å². The summed E-state index contributed by atoms with van der Waals surface area (Å²) in [6, 6.07) is 12.5. The van der Waals surface area contributed by atoms with Gasteiger partial charge in [0.25, 0.3) is 5.91 Å². The summed E-state index contributed by atoms with van der Waals surface area (Å²) in [7, 11) is -10.3. The van der Waals surface area contributed by atoms with Crippen molar-refractivity contribution in [2.24, 2.45) is 26.2 Å². The molecule has 1 amide bonds. The van der Waals surface area contributed by atoms with Gasteiger partial charge in [-0.1, -0.05) is 12.1 Å². The van der Waals surface area contributed by atoms with Crippen LogP contribution < -0.4 is 121 Å². The second-order valence-corrected chi connectivity index (χ2v) is 13.7. The first-order valence-corrected chi connectivity index (χ1v) is 17.8. The number of benzene rings is 3. The van der Waals surface area contributed by atoms with Crippen molar-refractivity contribution in [3.8, 4) is 5.95 Å². The molecule has 0 aliphatic heterocycles.